The molecular weight excluding hydrogens is 748 g/mol. The number of aromatic nitrogens is 1. The van der Waals surface area contributed by atoms with Crippen molar-refractivity contribution < 1.29 is 50.5 Å². The van der Waals surface area contributed by atoms with Gasteiger partial charge >= 0.3 is 25.3 Å². The first kappa shape index (κ1) is 38.1. The van der Waals surface area contributed by atoms with E-state index in [1.54, 1.807) is 18.2 Å². The van der Waals surface area contributed by atoms with Crippen LogP contribution in [0.1, 0.15) is 46.0 Å². The molecule has 53 heavy (non-hydrogen) atoms. The molecule has 0 spiro atoms. The largest absolute Gasteiger partial charge is 0.454 e. The lowest BCUT2D eigenvalue weighted by molar-refractivity contribution is -0.0693. The number of esters is 1. The fourth-order valence-corrected chi connectivity index (χ4v) is 6.95. The van der Waals surface area contributed by atoms with Crippen molar-refractivity contribution in [1.82, 2.24) is 9.88 Å². The molecule has 7 rings (SSSR count). The van der Waals surface area contributed by atoms with Crippen LogP contribution in [-0.2, 0) is 22.4 Å². The van der Waals surface area contributed by atoms with Crippen LogP contribution in [0.15, 0.2) is 79.1 Å². The lowest BCUT2D eigenvalue weighted by Crippen LogP contribution is -2.53. The molecular formula is C37H32Cl2F5N3O6. The summed E-state index contributed by atoms with van der Waals surface area (Å²) in [6, 6.07) is 15.0. The first-order valence-electron chi connectivity index (χ1n) is 16.5. The van der Waals surface area contributed by atoms with Gasteiger partial charge in [-0.1, -0.05) is 53.5 Å². The number of carbonyl (C=O) groups is 2. The van der Waals surface area contributed by atoms with Gasteiger partial charge in [-0.2, -0.15) is 17.6 Å². The Balaban J connectivity index is 1.23. The average Bonchev–Trinajstić information content (AvgIpc) is 3.13. The number of piperidine rings is 3. The summed E-state index contributed by atoms with van der Waals surface area (Å²) in [6.07, 6.45) is 2.01. The van der Waals surface area contributed by atoms with Crippen LogP contribution < -0.4 is 14.4 Å². The van der Waals surface area contributed by atoms with Crippen molar-refractivity contribution in [2.75, 3.05) is 24.5 Å². The molecule has 3 fully saturated rings. The molecule has 2 bridgehead atoms. The van der Waals surface area contributed by atoms with Gasteiger partial charge in [0.25, 0.3) is 0 Å². The lowest BCUT2D eigenvalue weighted by atomic mass is 9.86. The number of nitrogens with zero attached hydrogens (tertiary/aromatic N) is 3. The molecule has 9 nitrogen and oxygen atoms in total. The summed E-state index contributed by atoms with van der Waals surface area (Å²) in [5, 5.41) is 0.243. The van der Waals surface area contributed by atoms with Gasteiger partial charge in [0.1, 0.15) is 18.0 Å². The second kappa shape index (κ2) is 17.0. The van der Waals surface area contributed by atoms with Crippen LogP contribution in [0, 0.1) is 11.7 Å². The third-order valence-corrected chi connectivity index (χ3v) is 9.76. The normalized spacial score (nSPS) is 18.5. The van der Waals surface area contributed by atoms with Crippen molar-refractivity contribution >= 4 is 41.0 Å². The highest BCUT2D eigenvalue weighted by Gasteiger charge is 2.38. The minimum absolute atomic E-state index is 0.0266. The van der Waals surface area contributed by atoms with E-state index in [0.717, 1.165) is 38.1 Å². The smallest absolute Gasteiger partial charge is 0.415 e. The topological polar surface area (TPSA) is 90.4 Å². The van der Waals surface area contributed by atoms with Crippen molar-refractivity contribution in [2.45, 2.75) is 51.2 Å². The van der Waals surface area contributed by atoms with Crippen molar-refractivity contribution in [1.29, 1.82) is 0 Å². The summed E-state index contributed by atoms with van der Waals surface area (Å²) < 4.78 is 87.9. The Morgan fingerprint density at radius 1 is 0.887 bits per heavy atom. The molecule has 280 valence electrons. The zero-order valence-electron chi connectivity index (χ0n) is 27.8. The lowest BCUT2D eigenvalue weighted by Gasteiger charge is -2.44. The van der Waals surface area contributed by atoms with E-state index in [2.05, 4.69) is 19.4 Å². The van der Waals surface area contributed by atoms with Gasteiger partial charge in [-0.3, -0.25) is 14.8 Å². The molecule has 3 aliphatic rings. The van der Waals surface area contributed by atoms with Crippen LogP contribution in [0.5, 0.6) is 11.5 Å². The zero-order valence-corrected chi connectivity index (χ0v) is 29.3. The molecule has 0 aliphatic carbocycles. The number of carbonyl (C=O) groups excluding carboxylic acids is 2. The fourth-order valence-electron chi connectivity index (χ4n) is 6.43. The van der Waals surface area contributed by atoms with Gasteiger partial charge in [0.2, 0.25) is 0 Å². The molecule has 3 aliphatic heterocycles. The number of para-hydroxylation sites is 1. The van der Waals surface area contributed by atoms with E-state index in [9.17, 15) is 27.2 Å². The molecule has 0 saturated carbocycles. The molecule has 4 heterocycles. The summed E-state index contributed by atoms with van der Waals surface area (Å²) in [7, 11) is 0. The monoisotopic (exact) mass is 779 g/mol. The Kier molecular flexibility index (Phi) is 12.2. The maximum atomic E-state index is 15.0. The number of anilines is 1. The maximum absolute atomic E-state index is 15.0. The Labute approximate surface area is 311 Å². The third-order valence-electron chi connectivity index (χ3n) is 9.11. The van der Waals surface area contributed by atoms with E-state index < -0.39 is 48.7 Å². The highest BCUT2D eigenvalue weighted by molar-refractivity contribution is 6.35. The standard InChI is InChI=1S/C37H32Cl2F5N3O6/c38-26-17-45-18-27(39)25(26)16-31(24-9-10-30(51-35(41)42)32(15-24)52-36(43)44)50-34(48)23-7-5-21(6-8-23)19-47(29-4-2-1-3-28(29)40)37(49)53-33-20-46-13-11-22(33)12-14-46/h1-10,15,17-18,22,31,33,35-36H,11-14,16,19-20H2/t31-,33-/m0/s1. The minimum Gasteiger partial charge on any atom is -0.454 e. The van der Waals surface area contributed by atoms with E-state index in [1.807, 2.05) is 0 Å². The number of hydrogen-bond acceptors (Lipinski definition) is 8. The second-order valence-corrected chi connectivity index (χ2v) is 13.3. The van der Waals surface area contributed by atoms with E-state index in [-0.39, 0.29) is 51.8 Å². The van der Waals surface area contributed by atoms with Gasteiger partial charge in [0.15, 0.2) is 11.5 Å². The molecule has 16 heteroatoms. The number of hydrogen-bond donors (Lipinski definition) is 0. The molecule has 0 unspecified atom stereocenters. The van der Waals surface area contributed by atoms with Gasteiger partial charge in [0.05, 0.1) is 27.8 Å². The van der Waals surface area contributed by atoms with Crippen LogP contribution >= 0.6 is 23.2 Å². The van der Waals surface area contributed by atoms with Crippen LogP contribution in [0.4, 0.5) is 32.4 Å². The van der Waals surface area contributed by atoms with Crippen LogP contribution in [-0.4, -0.2) is 60.9 Å². The molecule has 0 radical (unpaired) electrons. The van der Waals surface area contributed by atoms with Gasteiger partial charge < -0.3 is 18.9 Å². The summed E-state index contributed by atoms with van der Waals surface area (Å²) in [5.74, 6) is -2.63. The zero-order chi connectivity index (χ0) is 37.6. The molecule has 1 amide bonds. The first-order valence-corrected chi connectivity index (χ1v) is 17.3. The minimum atomic E-state index is -3.38. The maximum Gasteiger partial charge on any atom is 0.415 e. The molecule has 2 atom stereocenters. The van der Waals surface area contributed by atoms with Gasteiger partial charge in [0, 0.05) is 25.4 Å². The molecule has 0 N–H and O–H groups in total. The Morgan fingerprint density at radius 2 is 1.55 bits per heavy atom. The highest BCUT2D eigenvalue weighted by atomic mass is 35.5. The molecule has 3 saturated heterocycles. The molecule has 4 aromatic rings. The van der Waals surface area contributed by atoms with Crippen molar-refractivity contribution in [3.05, 3.63) is 117 Å². The predicted octanol–water partition coefficient (Wildman–Crippen LogP) is 9.11. The van der Waals surface area contributed by atoms with Crippen LogP contribution in [0.2, 0.25) is 10.0 Å². The van der Waals surface area contributed by atoms with Crippen molar-refractivity contribution in [3.63, 3.8) is 0 Å². The summed E-state index contributed by atoms with van der Waals surface area (Å²) >= 11 is 12.7. The number of fused-ring (bicyclic) bond motifs is 3. The van der Waals surface area contributed by atoms with E-state index >= 15 is 4.39 Å². The van der Waals surface area contributed by atoms with Gasteiger partial charge in [-0.15, -0.1) is 0 Å². The quantitative estimate of drug-likeness (QED) is 0.0981. The number of rotatable bonds is 13. The molecule has 1 aromatic heterocycles. The van der Waals surface area contributed by atoms with E-state index in [1.165, 1.54) is 53.7 Å². The predicted molar refractivity (Wildman–Crippen MR) is 184 cm³/mol. The third kappa shape index (κ3) is 9.48. The van der Waals surface area contributed by atoms with Crippen molar-refractivity contribution in [3.8, 4) is 11.5 Å². The summed E-state index contributed by atoms with van der Waals surface area (Å²) in [4.78, 5) is 34.4. The molecule has 3 aromatic carbocycles. The Morgan fingerprint density at radius 3 is 2.17 bits per heavy atom. The SMILES string of the molecule is O=C(O[C@@H](Cc1c(Cl)cncc1Cl)c1ccc(OC(F)F)c(OC(F)F)c1)c1ccc(CN(C(=O)O[C@H]2CN3CCC2CC3)c2ccccc2F)cc1. The van der Waals surface area contributed by atoms with E-state index in [0.29, 0.717) is 17.7 Å². The van der Waals surface area contributed by atoms with E-state index in [4.69, 9.17) is 32.7 Å². The number of halogens is 7. The fraction of sp³-hybridized carbons (Fsp3) is 0.324. The number of pyridine rings is 1. The second-order valence-electron chi connectivity index (χ2n) is 12.4. The summed E-state index contributed by atoms with van der Waals surface area (Å²) in [5.41, 5.74) is 0.988. The first-order chi connectivity index (χ1) is 25.4. The van der Waals surface area contributed by atoms with Gasteiger partial charge in [-0.25, -0.2) is 14.0 Å². The van der Waals surface area contributed by atoms with Crippen molar-refractivity contribution in [2.24, 2.45) is 5.92 Å². The number of amides is 1. The van der Waals surface area contributed by atoms with Crippen LogP contribution in [0.3, 0.4) is 0 Å². The van der Waals surface area contributed by atoms with Gasteiger partial charge in [-0.05, 0) is 84.9 Å². The highest BCUT2D eigenvalue weighted by Crippen LogP contribution is 2.37. The number of alkyl halides is 4. The Bertz CT molecular complexity index is 1900. The number of ether oxygens (including phenoxy) is 4. The average molecular weight is 781 g/mol. The Hall–Kier alpha value is -4.66. The van der Waals surface area contributed by atoms with Crippen LogP contribution in [0.25, 0.3) is 0 Å². The summed E-state index contributed by atoms with van der Waals surface area (Å²) in [6.45, 7) is -4.28. The number of benzene rings is 3.